The van der Waals surface area contributed by atoms with Gasteiger partial charge in [-0.3, -0.25) is 0 Å². The minimum absolute atomic E-state index is 0. The van der Waals surface area contributed by atoms with E-state index in [2.05, 4.69) is 0 Å². The molecule has 0 aromatic carbocycles. The first-order chi connectivity index (χ1) is 0. The van der Waals surface area contributed by atoms with Crippen LogP contribution in [0.25, 0.3) is 0 Å². The van der Waals surface area contributed by atoms with Crippen LogP contribution in [0.2, 0.25) is 0 Å². The maximum Gasteiger partial charge on any atom is 0 e. The molecule has 0 aliphatic carbocycles. The van der Waals surface area contributed by atoms with Crippen molar-refractivity contribution < 1.29 is 463 Å². The van der Waals surface area contributed by atoms with E-state index in [1.54, 1.807) is 0 Å². The van der Waals surface area contributed by atoms with E-state index in [4.69, 9.17) is 0 Å². The monoisotopic (exact) mass is 4060 g/mol. The van der Waals surface area contributed by atoms with E-state index < -0.39 is 0 Å². The molecule has 0 bridgehead atoms. The van der Waals surface area contributed by atoms with Crippen molar-refractivity contribution in [1.82, 2.24) is 0 Å². The zero-order chi connectivity index (χ0) is 0. The summed E-state index contributed by atoms with van der Waals surface area (Å²) in [4.78, 5) is 0. The molecule has 0 N–H and O–H groups in total. The summed E-state index contributed by atoms with van der Waals surface area (Å²) in [7, 11) is 0. The molecule has 140 valence electrons. The first-order valence-electron chi connectivity index (χ1n) is 0. The molecule has 0 atom stereocenters. The molecule has 0 radical (unpaired) electrons. The van der Waals surface area contributed by atoms with Crippen molar-refractivity contribution in [3.63, 3.8) is 0 Å². The Hall–Kier alpha value is 15.1. The smallest absolute Gasteiger partial charge is 0 e. The molecule has 0 fully saturated rings. The SMILES string of the molecule is [CH3-].[W].[W].[W].[W].[W].[W].[W].[W].[W].[W].[W].[W].[W].[W].[W].[W].[W].[W].[W].[W].[W].[W]. The Morgan fingerprint density at radius 2 is 0.0870 bits per heavy atom. The summed E-state index contributed by atoms with van der Waals surface area (Å²) in [6.45, 7) is 0. The van der Waals surface area contributed by atoms with Crippen molar-refractivity contribution in [1.29, 1.82) is 0 Å². The van der Waals surface area contributed by atoms with E-state index >= 15 is 0 Å². The van der Waals surface area contributed by atoms with Crippen LogP contribution in [0.4, 0.5) is 0 Å². The third-order valence-corrected chi connectivity index (χ3v) is 0. The van der Waals surface area contributed by atoms with Gasteiger partial charge in [-0.1, -0.05) is 0 Å². The van der Waals surface area contributed by atoms with Crippen molar-refractivity contribution in [2.45, 2.75) is 0 Å². The van der Waals surface area contributed by atoms with Gasteiger partial charge in [0.15, 0.2) is 0 Å². The Balaban J connectivity index is 0. The zero-order valence-corrected chi connectivity index (χ0v) is 74.5. The molecule has 0 amide bonds. The molecule has 0 nitrogen and oxygen atoms in total. The van der Waals surface area contributed by atoms with Crippen molar-refractivity contribution in [3.05, 3.63) is 7.43 Å². The van der Waals surface area contributed by atoms with Crippen molar-refractivity contribution >= 4 is 0 Å². The van der Waals surface area contributed by atoms with Gasteiger partial charge in [-0.2, -0.15) is 0 Å². The van der Waals surface area contributed by atoms with Crippen molar-refractivity contribution in [2.75, 3.05) is 0 Å². The third kappa shape index (κ3) is 200. The largest absolute Gasteiger partial charge is 0.358 e. The van der Waals surface area contributed by atoms with Crippen LogP contribution in [0.3, 0.4) is 0 Å². The molecular formula is CH3W22-. The average Bonchev–Trinajstić information content (AvgIpc) is 0. The van der Waals surface area contributed by atoms with Crippen LogP contribution in [-0.4, -0.2) is 0 Å². The topological polar surface area (TPSA) is 0 Å². The Labute approximate surface area is 457 Å². The fraction of sp³-hybridized carbons (Fsp3) is 0. The van der Waals surface area contributed by atoms with E-state index in [1.165, 1.54) is 0 Å². The van der Waals surface area contributed by atoms with E-state index in [1.807, 2.05) is 0 Å². The van der Waals surface area contributed by atoms with Crippen LogP contribution in [0, 0.1) is 7.43 Å². The van der Waals surface area contributed by atoms with Gasteiger partial charge in [0, 0.05) is 463 Å². The quantitative estimate of drug-likeness (QED) is 0.309. The van der Waals surface area contributed by atoms with E-state index in [9.17, 15) is 0 Å². The van der Waals surface area contributed by atoms with Gasteiger partial charge in [0.2, 0.25) is 0 Å². The second-order valence-corrected chi connectivity index (χ2v) is 0. The normalized spacial score (nSPS) is 0. The van der Waals surface area contributed by atoms with E-state index in [0.29, 0.717) is 0 Å². The summed E-state index contributed by atoms with van der Waals surface area (Å²) < 4.78 is 0. The Morgan fingerprint density at radius 3 is 0.0870 bits per heavy atom. The van der Waals surface area contributed by atoms with Gasteiger partial charge < -0.3 is 7.43 Å². The molecule has 0 saturated carbocycles. The minimum atomic E-state index is 0. The van der Waals surface area contributed by atoms with Crippen LogP contribution >= 0.6 is 0 Å². The first-order valence-corrected chi connectivity index (χ1v) is 0. The number of hydrogen-bond acceptors (Lipinski definition) is 0. The van der Waals surface area contributed by atoms with Gasteiger partial charge in [-0.05, 0) is 0 Å². The number of hydrogen-bond donors (Lipinski definition) is 0. The van der Waals surface area contributed by atoms with E-state index in [0.717, 1.165) is 0 Å². The van der Waals surface area contributed by atoms with Gasteiger partial charge >= 0.3 is 0 Å². The fourth-order valence-electron chi connectivity index (χ4n) is 0. The molecule has 0 aromatic rings. The summed E-state index contributed by atoms with van der Waals surface area (Å²) >= 11 is 0. The first kappa shape index (κ1) is 229. The summed E-state index contributed by atoms with van der Waals surface area (Å²) in [6.07, 6.45) is 0. The second-order valence-electron chi connectivity index (χ2n) is 0. The summed E-state index contributed by atoms with van der Waals surface area (Å²) in [5.74, 6) is 0. The molecule has 0 aromatic heterocycles. The average molecular weight is 4060 g/mol. The van der Waals surface area contributed by atoms with Crippen LogP contribution in [0.15, 0.2) is 0 Å². The van der Waals surface area contributed by atoms with Crippen LogP contribution in [0.1, 0.15) is 0 Å². The van der Waals surface area contributed by atoms with Gasteiger partial charge in [0.05, 0.1) is 0 Å². The Bertz CT molecular complexity index is 5.93. The molecule has 0 aliphatic heterocycles. The summed E-state index contributed by atoms with van der Waals surface area (Å²) in [5, 5.41) is 0. The molecule has 0 rings (SSSR count). The maximum atomic E-state index is 0. The van der Waals surface area contributed by atoms with Crippen LogP contribution in [-0.2, 0) is 463 Å². The molecule has 0 heterocycles. The third-order valence-electron chi connectivity index (χ3n) is 0. The van der Waals surface area contributed by atoms with E-state index in [-0.39, 0.29) is 471 Å². The summed E-state index contributed by atoms with van der Waals surface area (Å²) in [6, 6.07) is 0. The Morgan fingerprint density at radius 1 is 0.0870 bits per heavy atom. The molecule has 0 spiro atoms. The minimum Gasteiger partial charge on any atom is -0.358 e. The Kier molecular flexibility index (Phi) is 2110. The predicted molar refractivity (Wildman–Crippen MR) is 6.41 cm³/mol. The van der Waals surface area contributed by atoms with Gasteiger partial charge in [0.1, 0.15) is 0 Å². The summed E-state index contributed by atoms with van der Waals surface area (Å²) in [5.41, 5.74) is 0. The van der Waals surface area contributed by atoms with Gasteiger partial charge in [-0.15, -0.1) is 0 Å². The van der Waals surface area contributed by atoms with Crippen LogP contribution < -0.4 is 0 Å². The van der Waals surface area contributed by atoms with Crippen molar-refractivity contribution in [3.8, 4) is 0 Å². The van der Waals surface area contributed by atoms with Crippen molar-refractivity contribution in [2.24, 2.45) is 0 Å². The standard InChI is InChI=1S/CH3.22W/h1H3;;;;;;;;;;;;;;;;;;;;;;/q-1;;;;;;;;;;;;;;;;;;;;;;. The molecule has 0 aliphatic rings. The zero-order valence-electron chi connectivity index (χ0n) is 9.98. The second kappa shape index (κ2) is 212. The maximum absolute atomic E-state index is 0. The molecular weight excluding hydrogens is 4060 g/mol. The number of rotatable bonds is 0. The molecule has 23 heavy (non-hydrogen) atoms. The van der Waals surface area contributed by atoms with Gasteiger partial charge in [-0.25, -0.2) is 0 Å². The predicted octanol–water partition coefficient (Wildman–Crippen LogP) is 0.395. The van der Waals surface area contributed by atoms with Gasteiger partial charge in [0.25, 0.3) is 0 Å². The van der Waals surface area contributed by atoms with Crippen LogP contribution in [0.5, 0.6) is 0 Å². The molecule has 22 heteroatoms. The molecule has 0 unspecified atom stereocenters. The fourth-order valence-corrected chi connectivity index (χ4v) is 0. The molecule has 0 saturated heterocycles.